The lowest BCUT2D eigenvalue weighted by Crippen LogP contribution is -2.14. The van der Waals surface area contributed by atoms with E-state index in [4.69, 9.17) is 4.74 Å². The molecule has 0 saturated carbocycles. The number of phenols is 1. The van der Waals surface area contributed by atoms with Gasteiger partial charge in [0.1, 0.15) is 17.3 Å². The van der Waals surface area contributed by atoms with Crippen molar-refractivity contribution in [1.82, 2.24) is 0 Å². The summed E-state index contributed by atoms with van der Waals surface area (Å²) in [7, 11) is 0. The zero-order chi connectivity index (χ0) is 13.7. The van der Waals surface area contributed by atoms with Crippen LogP contribution in [0.15, 0.2) is 48.5 Å². The SMILES string of the molecule is OCC(COc1ccc(F)cc1)c1cccc(O)c1. The molecule has 19 heavy (non-hydrogen) atoms. The van der Waals surface area contributed by atoms with Crippen molar-refractivity contribution in [3.63, 3.8) is 0 Å². The van der Waals surface area contributed by atoms with Crippen molar-refractivity contribution in [1.29, 1.82) is 0 Å². The summed E-state index contributed by atoms with van der Waals surface area (Å²) in [6, 6.07) is 12.4. The van der Waals surface area contributed by atoms with Gasteiger partial charge >= 0.3 is 0 Å². The highest BCUT2D eigenvalue weighted by atomic mass is 19.1. The fraction of sp³-hybridized carbons (Fsp3) is 0.200. The number of halogens is 1. The van der Waals surface area contributed by atoms with Gasteiger partial charge < -0.3 is 14.9 Å². The lowest BCUT2D eigenvalue weighted by atomic mass is 10.0. The summed E-state index contributed by atoms with van der Waals surface area (Å²) in [5.74, 6) is 0.133. The Morgan fingerprint density at radius 2 is 1.84 bits per heavy atom. The second-order valence-electron chi connectivity index (χ2n) is 4.24. The minimum absolute atomic E-state index is 0.0926. The largest absolute Gasteiger partial charge is 0.508 e. The van der Waals surface area contributed by atoms with Crippen LogP contribution in [0.1, 0.15) is 11.5 Å². The third-order valence-electron chi connectivity index (χ3n) is 2.83. The van der Waals surface area contributed by atoms with E-state index < -0.39 is 0 Å². The first-order valence-electron chi connectivity index (χ1n) is 5.97. The molecule has 3 nitrogen and oxygen atoms in total. The Balaban J connectivity index is 2.01. The van der Waals surface area contributed by atoms with Gasteiger partial charge in [-0.2, -0.15) is 0 Å². The zero-order valence-corrected chi connectivity index (χ0v) is 10.3. The first-order chi connectivity index (χ1) is 9.19. The van der Waals surface area contributed by atoms with Gasteiger partial charge in [0.2, 0.25) is 0 Å². The Bertz CT molecular complexity index is 525. The van der Waals surface area contributed by atoms with Crippen molar-refractivity contribution >= 4 is 0 Å². The predicted molar refractivity (Wildman–Crippen MR) is 69.8 cm³/mol. The summed E-state index contributed by atoms with van der Waals surface area (Å²) in [4.78, 5) is 0. The molecule has 2 aromatic rings. The summed E-state index contributed by atoms with van der Waals surface area (Å²) in [5.41, 5.74) is 0.796. The normalized spacial score (nSPS) is 12.1. The van der Waals surface area contributed by atoms with Crippen LogP contribution in [0.2, 0.25) is 0 Å². The number of rotatable bonds is 5. The fourth-order valence-corrected chi connectivity index (χ4v) is 1.76. The van der Waals surface area contributed by atoms with E-state index in [1.165, 1.54) is 24.3 Å². The Kier molecular flexibility index (Phi) is 4.36. The van der Waals surface area contributed by atoms with Crippen LogP contribution < -0.4 is 4.74 Å². The van der Waals surface area contributed by atoms with Gasteiger partial charge in [-0.25, -0.2) is 4.39 Å². The van der Waals surface area contributed by atoms with Crippen LogP contribution in [0.4, 0.5) is 4.39 Å². The first kappa shape index (κ1) is 13.4. The number of aliphatic hydroxyl groups is 1. The molecule has 2 N–H and O–H groups in total. The van der Waals surface area contributed by atoms with E-state index in [1.54, 1.807) is 18.2 Å². The molecule has 0 saturated heterocycles. The van der Waals surface area contributed by atoms with Crippen molar-refractivity contribution in [2.45, 2.75) is 5.92 Å². The Morgan fingerprint density at radius 1 is 1.11 bits per heavy atom. The van der Waals surface area contributed by atoms with Crippen LogP contribution in [0.5, 0.6) is 11.5 Å². The van der Waals surface area contributed by atoms with E-state index in [0.29, 0.717) is 5.75 Å². The number of hydrogen-bond donors (Lipinski definition) is 2. The highest BCUT2D eigenvalue weighted by Crippen LogP contribution is 2.21. The molecule has 0 spiro atoms. The van der Waals surface area contributed by atoms with Crippen LogP contribution in [0.25, 0.3) is 0 Å². The summed E-state index contributed by atoms with van der Waals surface area (Å²) in [5, 5.41) is 18.8. The molecule has 0 radical (unpaired) electrons. The van der Waals surface area contributed by atoms with Crippen LogP contribution >= 0.6 is 0 Å². The monoisotopic (exact) mass is 262 g/mol. The number of aromatic hydroxyl groups is 1. The quantitative estimate of drug-likeness (QED) is 0.871. The van der Waals surface area contributed by atoms with E-state index in [1.807, 2.05) is 6.07 Å². The molecule has 1 atom stereocenters. The smallest absolute Gasteiger partial charge is 0.123 e. The topological polar surface area (TPSA) is 49.7 Å². The molecule has 0 heterocycles. The standard InChI is InChI=1S/C15H15FO3/c16-13-4-6-15(7-5-13)19-10-12(9-17)11-2-1-3-14(18)8-11/h1-8,12,17-18H,9-10H2. The van der Waals surface area contributed by atoms with Gasteiger partial charge in [0.25, 0.3) is 0 Å². The molecular formula is C15H15FO3. The van der Waals surface area contributed by atoms with Crippen LogP contribution in [-0.4, -0.2) is 23.4 Å². The lowest BCUT2D eigenvalue weighted by molar-refractivity contribution is 0.205. The van der Waals surface area contributed by atoms with Crippen LogP contribution in [0.3, 0.4) is 0 Å². The predicted octanol–water partition coefficient (Wildman–Crippen LogP) is 2.69. The average molecular weight is 262 g/mol. The fourth-order valence-electron chi connectivity index (χ4n) is 1.76. The molecule has 1 unspecified atom stereocenters. The molecule has 0 amide bonds. The van der Waals surface area contributed by atoms with E-state index in [0.717, 1.165) is 5.56 Å². The van der Waals surface area contributed by atoms with Gasteiger partial charge in [-0.1, -0.05) is 12.1 Å². The van der Waals surface area contributed by atoms with Crippen molar-refractivity contribution in [3.05, 3.63) is 59.9 Å². The zero-order valence-electron chi connectivity index (χ0n) is 10.3. The molecule has 4 heteroatoms. The Morgan fingerprint density at radius 3 is 2.47 bits per heavy atom. The maximum absolute atomic E-state index is 12.7. The van der Waals surface area contributed by atoms with Crippen LogP contribution in [0, 0.1) is 5.82 Å². The Hall–Kier alpha value is -2.07. The summed E-state index contributed by atoms with van der Waals surface area (Å²) >= 11 is 0. The van der Waals surface area contributed by atoms with E-state index in [9.17, 15) is 14.6 Å². The summed E-state index contributed by atoms with van der Waals surface area (Å²) < 4.78 is 18.2. The second-order valence-corrected chi connectivity index (χ2v) is 4.24. The minimum Gasteiger partial charge on any atom is -0.508 e. The number of hydrogen-bond acceptors (Lipinski definition) is 3. The molecule has 0 fully saturated rings. The average Bonchev–Trinajstić information content (AvgIpc) is 2.42. The van der Waals surface area contributed by atoms with Crippen molar-refractivity contribution < 1.29 is 19.3 Å². The van der Waals surface area contributed by atoms with Crippen LogP contribution in [-0.2, 0) is 0 Å². The maximum Gasteiger partial charge on any atom is 0.123 e. The molecule has 2 aromatic carbocycles. The van der Waals surface area contributed by atoms with Gasteiger partial charge in [-0.15, -0.1) is 0 Å². The van der Waals surface area contributed by atoms with E-state index in [2.05, 4.69) is 0 Å². The molecule has 0 aliphatic rings. The number of aliphatic hydroxyl groups excluding tert-OH is 1. The van der Waals surface area contributed by atoms with Gasteiger partial charge in [0, 0.05) is 5.92 Å². The molecule has 0 aliphatic carbocycles. The van der Waals surface area contributed by atoms with Gasteiger partial charge in [-0.05, 0) is 42.0 Å². The number of benzene rings is 2. The molecule has 100 valence electrons. The van der Waals surface area contributed by atoms with Crippen molar-refractivity contribution in [3.8, 4) is 11.5 Å². The third-order valence-corrected chi connectivity index (χ3v) is 2.83. The number of ether oxygens (including phenoxy) is 1. The number of phenolic OH excluding ortho intramolecular Hbond substituents is 1. The minimum atomic E-state index is -0.320. The van der Waals surface area contributed by atoms with Crippen molar-refractivity contribution in [2.24, 2.45) is 0 Å². The van der Waals surface area contributed by atoms with E-state index in [-0.39, 0.29) is 30.7 Å². The first-order valence-corrected chi connectivity index (χ1v) is 5.97. The van der Waals surface area contributed by atoms with Gasteiger partial charge in [0.05, 0.1) is 13.2 Å². The molecule has 2 rings (SSSR count). The second kappa shape index (κ2) is 6.20. The molecular weight excluding hydrogens is 247 g/mol. The summed E-state index contributed by atoms with van der Waals surface area (Å²) in [6.45, 7) is 0.163. The molecule has 0 aliphatic heterocycles. The van der Waals surface area contributed by atoms with Gasteiger partial charge in [-0.3, -0.25) is 0 Å². The van der Waals surface area contributed by atoms with E-state index >= 15 is 0 Å². The highest BCUT2D eigenvalue weighted by Gasteiger charge is 2.12. The van der Waals surface area contributed by atoms with Gasteiger partial charge in [0.15, 0.2) is 0 Å². The third kappa shape index (κ3) is 3.69. The highest BCUT2D eigenvalue weighted by molar-refractivity contribution is 5.30. The maximum atomic E-state index is 12.7. The van der Waals surface area contributed by atoms with Crippen molar-refractivity contribution in [2.75, 3.05) is 13.2 Å². The molecule has 0 aromatic heterocycles. The summed E-state index contributed by atoms with van der Waals surface area (Å²) in [6.07, 6.45) is 0. The Labute approximate surface area is 110 Å². The molecule has 0 bridgehead atoms. The lowest BCUT2D eigenvalue weighted by Gasteiger charge is -2.16.